The molecule has 4 aromatic heterocycles. The molecule has 1 aliphatic heterocycles. The Labute approximate surface area is 170 Å². The Hall–Kier alpha value is -3.46. The number of nitrogens with one attached hydrogen (secondary N) is 1. The fourth-order valence-electron chi connectivity index (χ4n) is 3.80. The third kappa shape index (κ3) is 3.07. The van der Waals surface area contributed by atoms with Gasteiger partial charge in [-0.1, -0.05) is 0 Å². The topological polar surface area (TPSA) is 79.8 Å². The van der Waals surface area contributed by atoms with Crippen LogP contribution in [0.5, 0.6) is 0 Å². The highest BCUT2D eigenvalue weighted by atomic mass is 19.1. The summed E-state index contributed by atoms with van der Waals surface area (Å²) in [5.74, 6) is -0.503. The van der Waals surface area contributed by atoms with E-state index in [2.05, 4.69) is 25.1 Å². The molecule has 5 heterocycles. The smallest absolute Gasteiger partial charge is 0.151 e. The van der Waals surface area contributed by atoms with Crippen LogP contribution in [-0.2, 0) is 4.74 Å². The molecule has 1 fully saturated rings. The number of ether oxygens (including phenoxy) is 1. The summed E-state index contributed by atoms with van der Waals surface area (Å²) in [5, 5.41) is 7.01. The largest absolute Gasteiger partial charge is 0.377 e. The lowest BCUT2D eigenvalue weighted by Crippen LogP contribution is -2.44. The number of pyridine rings is 3. The molecule has 30 heavy (non-hydrogen) atoms. The highest BCUT2D eigenvalue weighted by Crippen LogP contribution is 2.37. The maximum atomic E-state index is 15.0. The first-order valence-corrected chi connectivity index (χ1v) is 9.56. The number of nitrogens with zero attached hydrogens (tertiary/aromatic N) is 5. The SMILES string of the molecule is C[C@@H]1COCCN1c1cc(-c2ccncc2F)c2c(F)cnc(-c3ccn[nH]3)c2n1. The van der Waals surface area contributed by atoms with E-state index in [4.69, 9.17) is 9.72 Å². The summed E-state index contributed by atoms with van der Waals surface area (Å²) in [4.78, 5) is 14.9. The standard InChI is InChI=1S/C21H18F2N6O/c1-12-11-30-7-6-29(12)18-8-14(13-2-4-24-9-15(13)22)19-16(23)10-25-20(21(19)27-18)17-3-5-26-28-17/h2-5,8-10,12H,6-7,11H2,1H3,(H,26,28)/t12-/m1/s1. The highest BCUT2D eigenvalue weighted by molar-refractivity contribution is 6.02. The van der Waals surface area contributed by atoms with Gasteiger partial charge in [-0.25, -0.2) is 18.7 Å². The Morgan fingerprint density at radius 3 is 2.80 bits per heavy atom. The van der Waals surface area contributed by atoms with E-state index < -0.39 is 11.6 Å². The molecule has 5 rings (SSSR count). The number of aromatic nitrogens is 5. The molecule has 0 aromatic carbocycles. The zero-order valence-electron chi connectivity index (χ0n) is 16.1. The van der Waals surface area contributed by atoms with Crippen molar-refractivity contribution in [2.24, 2.45) is 0 Å². The van der Waals surface area contributed by atoms with Crippen LogP contribution in [0.3, 0.4) is 0 Å². The lowest BCUT2D eigenvalue weighted by Gasteiger charge is -2.34. The van der Waals surface area contributed by atoms with Crippen LogP contribution < -0.4 is 4.90 Å². The number of fused-ring (bicyclic) bond motifs is 1. The van der Waals surface area contributed by atoms with Crippen LogP contribution in [-0.4, -0.2) is 50.9 Å². The van der Waals surface area contributed by atoms with Gasteiger partial charge < -0.3 is 9.64 Å². The predicted octanol–water partition coefficient (Wildman–Crippen LogP) is 3.59. The van der Waals surface area contributed by atoms with Crippen molar-refractivity contribution >= 4 is 16.7 Å². The minimum absolute atomic E-state index is 0.0657. The number of hydrogen-bond acceptors (Lipinski definition) is 6. The van der Waals surface area contributed by atoms with Crippen molar-refractivity contribution in [2.45, 2.75) is 13.0 Å². The van der Waals surface area contributed by atoms with Crippen LogP contribution in [0, 0.1) is 11.6 Å². The first-order chi connectivity index (χ1) is 14.6. The average molecular weight is 408 g/mol. The Balaban J connectivity index is 1.85. The van der Waals surface area contributed by atoms with Gasteiger partial charge >= 0.3 is 0 Å². The number of morpholine rings is 1. The second-order valence-corrected chi connectivity index (χ2v) is 7.15. The van der Waals surface area contributed by atoms with E-state index in [1.54, 1.807) is 18.3 Å². The molecule has 1 aliphatic rings. The summed E-state index contributed by atoms with van der Waals surface area (Å²) < 4.78 is 35.3. The zero-order chi connectivity index (χ0) is 20.7. The van der Waals surface area contributed by atoms with Crippen molar-refractivity contribution in [3.05, 3.63) is 54.6 Å². The van der Waals surface area contributed by atoms with Crippen molar-refractivity contribution in [1.29, 1.82) is 0 Å². The van der Waals surface area contributed by atoms with Gasteiger partial charge in [0.2, 0.25) is 0 Å². The second kappa shape index (κ2) is 7.42. The molecule has 152 valence electrons. The first kappa shape index (κ1) is 18.6. The molecule has 0 saturated carbocycles. The van der Waals surface area contributed by atoms with Gasteiger partial charge in [0, 0.05) is 35.5 Å². The van der Waals surface area contributed by atoms with Crippen molar-refractivity contribution in [3.63, 3.8) is 0 Å². The van der Waals surface area contributed by atoms with Crippen LogP contribution in [0.2, 0.25) is 0 Å². The van der Waals surface area contributed by atoms with Crippen LogP contribution in [0.1, 0.15) is 6.92 Å². The van der Waals surface area contributed by atoms with E-state index in [9.17, 15) is 4.39 Å². The van der Waals surface area contributed by atoms with E-state index >= 15 is 4.39 Å². The van der Waals surface area contributed by atoms with Crippen molar-refractivity contribution < 1.29 is 13.5 Å². The summed E-state index contributed by atoms with van der Waals surface area (Å²) in [6.07, 6.45) is 5.31. The summed E-state index contributed by atoms with van der Waals surface area (Å²) in [6, 6.07) is 5.06. The summed E-state index contributed by atoms with van der Waals surface area (Å²) in [5.41, 5.74) is 2.03. The molecule has 4 aromatic rings. The summed E-state index contributed by atoms with van der Waals surface area (Å²) >= 11 is 0. The van der Waals surface area contributed by atoms with E-state index in [1.165, 1.54) is 12.3 Å². The number of hydrogen-bond donors (Lipinski definition) is 1. The summed E-state index contributed by atoms with van der Waals surface area (Å²) in [7, 11) is 0. The van der Waals surface area contributed by atoms with Gasteiger partial charge in [0.1, 0.15) is 22.8 Å². The van der Waals surface area contributed by atoms with Crippen LogP contribution in [0.4, 0.5) is 14.6 Å². The molecule has 1 saturated heterocycles. The molecule has 9 heteroatoms. The molecule has 0 unspecified atom stereocenters. The molecular weight excluding hydrogens is 390 g/mol. The maximum absolute atomic E-state index is 15.0. The Kier molecular flexibility index (Phi) is 4.59. The fraction of sp³-hybridized carbons (Fsp3) is 0.238. The zero-order valence-corrected chi connectivity index (χ0v) is 16.1. The number of H-pyrrole nitrogens is 1. The third-order valence-corrected chi connectivity index (χ3v) is 5.26. The van der Waals surface area contributed by atoms with Gasteiger partial charge in [-0.3, -0.25) is 10.1 Å². The van der Waals surface area contributed by atoms with Crippen molar-refractivity contribution in [1.82, 2.24) is 25.1 Å². The quantitative estimate of drug-likeness (QED) is 0.558. The monoisotopic (exact) mass is 408 g/mol. The number of halogens is 2. The van der Waals surface area contributed by atoms with E-state index in [1.807, 2.05) is 6.92 Å². The van der Waals surface area contributed by atoms with Gasteiger partial charge in [0.15, 0.2) is 5.82 Å². The molecule has 0 aliphatic carbocycles. The van der Waals surface area contributed by atoms with Gasteiger partial charge in [-0.05, 0) is 25.1 Å². The molecule has 0 radical (unpaired) electrons. The van der Waals surface area contributed by atoms with Crippen LogP contribution in [0.15, 0.2) is 43.0 Å². The van der Waals surface area contributed by atoms with Crippen molar-refractivity contribution in [3.8, 4) is 22.5 Å². The normalized spacial score (nSPS) is 16.9. The van der Waals surface area contributed by atoms with Gasteiger partial charge in [0.25, 0.3) is 0 Å². The molecule has 1 atom stereocenters. The number of anilines is 1. The van der Waals surface area contributed by atoms with Gasteiger partial charge in [0.05, 0.1) is 37.3 Å². The molecule has 0 bridgehead atoms. The number of aromatic amines is 1. The Morgan fingerprint density at radius 2 is 2.03 bits per heavy atom. The summed E-state index contributed by atoms with van der Waals surface area (Å²) in [6.45, 7) is 3.75. The van der Waals surface area contributed by atoms with E-state index in [-0.39, 0.29) is 17.0 Å². The third-order valence-electron chi connectivity index (χ3n) is 5.26. The van der Waals surface area contributed by atoms with E-state index in [0.29, 0.717) is 48.0 Å². The molecule has 7 nitrogen and oxygen atoms in total. The fourth-order valence-corrected chi connectivity index (χ4v) is 3.80. The molecule has 0 amide bonds. The predicted molar refractivity (Wildman–Crippen MR) is 108 cm³/mol. The number of rotatable bonds is 3. The maximum Gasteiger partial charge on any atom is 0.151 e. The highest BCUT2D eigenvalue weighted by Gasteiger charge is 2.25. The van der Waals surface area contributed by atoms with Crippen molar-refractivity contribution in [2.75, 3.05) is 24.7 Å². The molecular formula is C21H18F2N6O. The van der Waals surface area contributed by atoms with Gasteiger partial charge in [-0.2, -0.15) is 5.10 Å². The first-order valence-electron chi connectivity index (χ1n) is 9.56. The molecule has 1 N–H and O–H groups in total. The second-order valence-electron chi connectivity index (χ2n) is 7.15. The lowest BCUT2D eigenvalue weighted by atomic mass is 10.00. The Bertz CT molecular complexity index is 1210. The molecule has 0 spiro atoms. The van der Waals surface area contributed by atoms with Gasteiger partial charge in [-0.15, -0.1) is 0 Å². The Morgan fingerprint density at radius 1 is 1.13 bits per heavy atom. The lowest BCUT2D eigenvalue weighted by molar-refractivity contribution is 0.0986. The van der Waals surface area contributed by atoms with Crippen LogP contribution in [0.25, 0.3) is 33.4 Å². The van der Waals surface area contributed by atoms with E-state index in [0.717, 1.165) is 12.4 Å². The minimum atomic E-state index is -0.575. The minimum Gasteiger partial charge on any atom is -0.377 e. The average Bonchev–Trinajstić information content (AvgIpc) is 3.29. The van der Waals surface area contributed by atoms with Crippen LogP contribution >= 0.6 is 0 Å².